The molecule has 3 aromatic rings. The highest BCUT2D eigenvalue weighted by Crippen LogP contribution is 2.25. The smallest absolute Gasteiger partial charge is 0.251 e. The maximum Gasteiger partial charge on any atom is 0.251 e. The van der Waals surface area contributed by atoms with Gasteiger partial charge in [-0.1, -0.05) is 12.1 Å². The van der Waals surface area contributed by atoms with Crippen molar-refractivity contribution in [2.45, 2.75) is 32.4 Å². The lowest BCUT2D eigenvalue weighted by Gasteiger charge is -2.29. The van der Waals surface area contributed by atoms with Gasteiger partial charge in [0.05, 0.1) is 19.2 Å². The van der Waals surface area contributed by atoms with Gasteiger partial charge < -0.3 is 15.0 Å². The molecule has 30 heavy (non-hydrogen) atoms. The van der Waals surface area contributed by atoms with Crippen molar-refractivity contribution in [2.75, 3.05) is 20.3 Å². The molecule has 2 aromatic heterocycles. The summed E-state index contributed by atoms with van der Waals surface area (Å²) in [6, 6.07) is 7.13. The molecule has 0 radical (unpaired) electrons. The van der Waals surface area contributed by atoms with E-state index in [9.17, 15) is 9.59 Å². The minimum atomic E-state index is -0.170. The van der Waals surface area contributed by atoms with Crippen molar-refractivity contribution in [2.24, 2.45) is 0 Å². The standard InChI is InChI=1S/C22H25N5O3/c1-14(13-30-2)25-22(29)16-5-3-4-15(8-16)9-20(28)27-7-6-18-17(12-27)10-23-21-19(18)11-24-26-21/h3-5,8,10-11,14H,6-7,9,12-13H2,1-2H3,(H,25,29)(H,23,24,26). The monoisotopic (exact) mass is 407 g/mol. The molecular weight excluding hydrogens is 382 g/mol. The van der Waals surface area contributed by atoms with Gasteiger partial charge in [-0.05, 0) is 42.2 Å². The molecular formula is C22H25N5O3. The van der Waals surface area contributed by atoms with Gasteiger partial charge in [-0.15, -0.1) is 0 Å². The number of carbonyl (C=O) groups excluding carboxylic acids is 2. The van der Waals surface area contributed by atoms with Crippen molar-refractivity contribution < 1.29 is 14.3 Å². The predicted octanol–water partition coefficient (Wildman–Crippen LogP) is 1.85. The van der Waals surface area contributed by atoms with Gasteiger partial charge in [-0.3, -0.25) is 14.7 Å². The van der Waals surface area contributed by atoms with Gasteiger partial charge in [0.25, 0.3) is 5.91 Å². The molecule has 8 nitrogen and oxygen atoms in total. The second kappa shape index (κ2) is 8.62. The SMILES string of the molecule is COCC(C)NC(=O)c1cccc(CC(=O)N2CCc3c(cnc4[nH]ncc34)C2)c1. The van der Waals surface area contributed by atoms with Crippen LogP contribution in [0.25, 0.3) is 11.0 Å². The summed E-state index contributed by atoms with van der Waals surface area (Å²) in [7, 11) is 1.60. The number of pyridine rings is 1. The van der Waals surface area contributed by atoms with Gasteiger partial charge >= 0.3 is 0 Å². The van der Waals surface area contributed by atoms with E-state index in [0.29, 0.717) is 25.3 Å². The topological polar surface area (TPSA) is 100 Å². The average molecular weight is 407 g/mol. The zero-order valence-electron chi connectivity index (χ0n) is 17.1. The normalized spacial score (nSPS) is 14.4. The zero-order valence-corrected chi connectivity index (χ0v) is 17.1. The van der Waals surface area contributed by atoms with Crippen molar-refractivity contribution >= 4 is 22.8 Å². The minimum Gasteiger partial charge on any atom is -0.383 e. The second-order valence-corrected chi connectivity index (χ2v) is 7.67. The first kappa shape index (κ1) is 20.0. The summed E-state index contributed by atoms with van der Waals surface area (Å²) >= 11 is 0. The maximum atomic E-state index is 12.9. The number of carbonyl (C=O) groups is 2. The summed E-state index contributed by atoms with van der Waals surface area (Å²) in [6.07, 6.45) is 4.65. The lowest BCUT2D eigenvalue weighted by Crippen LogP contribution is -2.37. The number of aromatic nitrogens is 3. The Bertz CT molecular complexity index is 1080. The molecule has 1 aliphatic rings. The van der Waals surface area contributed by atoms with E-state index >= 15 is 0 Å². The number of fused-ring (bicyclic) bond motifs is 3. The van der Waals surface area contributed by atoms with Crippen LogP contribution in [0.4, 0.5) is 0 Å². The molecule has 4 rings (SSSR count). The number of nitrogens with one attached hydrogen (secondary N) is 2. The molecule has 1 atom stereocenters. The van der Waals surface area contributed by atoms with E-state index in [2.05, 4.69) is 20.5 Å². The molecule has 0 fully saturated rings. The number of benzene rings is 1. The van der Waals surface area contributed by atoms with Gasteiger partial charge in [0.15, 0.2) is 5.65 Å². The van der Waals surface area contributed by atoms with Crippen molar-refractivity contribution in [3.63, 3.8) is 0 Å². The number of nitrogens with zero attached hydrogens (tertiary/aromatic N) is 3. The van der Waals surface area contributed by atoms with Crippen LogP contribution in [0, 0.1) is 0 Å². The van der Waals surface area contributed by atoms with E-state index in [0.717, 1.165) is 28.6 Å². The molecule has 2 amide bonds. The molecule has 0 spiro atoms. The summed E-state index contributed by atoms with van der Waals surface area (Å²) in [5.74, 6) is -0.130. The van der Waals surface area contributed by atoms with Crippen molar-refractivity contribution in [1.29, 1.82) is 0 Å². The number of aromatic amines is 1. The van der Waals surface area contributed by atoms with E-state index in [-0.39, 0.29) is 24.3 Å². The van der Waals surface area contributed by atoms with Gasteiger partial charge in [-0.2, -0.15) is 5.10 Å². The largest absolute Gasteiger partial charge is 0.383 e. The Morgan fingerprint density at radius 1 is 1.33 bits per heavy atom. The minimum absolute atomic E-state index is 0.0400. The summed E-state index contributed by atoms with van der Waals surface area (Å²) in [4.78, 5) is 31.6. The van der Waals surface area contributed by atoms with E-state index < -0.39 is 0 Å². The molecule has 0 saturated heterocycles. The third-order valence-corrected chi connectivity index (χ3v) is 5.37. The Morgan fingerprint density at radius 2 is 2.20 bits per heavy atom. The lowest BCUT2D eigenvalue weighted by atomic mass is 9.98. The maximum absolute atomic E-state index is 12.9. The van der Waals surface area contributed by atoms with Crippen molar-refractivity contribution in [3.05, 3.63) is 58.9 Å². The molecule has 3 heterocycles. The third-order valence-electron chi connectivity index (χ3n) is 5.37. The Hall–Kier alpha value is -3.26. The summed E-state index contributed by atoms with van der Waals surface area (Å²) < 4.78 is 5.05. The highest BCUT2D eigenvalue weighted by atomic mass is 16.5. The fraction of sp³-hybridized carbons (Fsp3) is 0.364. The van der Waals surface area contributed by atoms with Gasteiger partial charge in [0.1, 0.15) is 0 Å². The third kappa shape index (κ3) is 4.18. The fourth-order valence-corrected chi connectivity index (χ4v) is 3.88. The van der Waals surface area contributed by atoms with Crippen LogP contribution >= 0.6 is 0 Å². The Labute approximate surface area is 174 Å². The molecule has 0 saturated carbocycles. The Kier molecular flexibility index (Phi) is 5.76. The predicted molar refractivity (Wildman–Crippen MR) is 112 cm³/mol. The number of ether oxygens (including phenoxy) is 1. The molecule has 0 bridgehead atoms. The molecule has 1 unspecified atom stereocenters. The Balaban J connectivity index is 1.42. The number of hydrogen-bond acceptors (Lipinski definition) is 5. The van der Waals surface area contributed by atoms with Crippen LogP contribution in [0.1, 0.15) is 34.0 Å². The van der Waals surface area contributed by atoms with Crippen LogP contribution in [-0.2, 0) is 28.9 Å². The fourth-order valence-electron chi connectivity index (χ4n) is 3.88. The number of amides is 2. The quantitative estimate of drug-likeness (QED) is 0.650. The van der Waals surface area contributed by atoms with Crippen LogP contribution < -0.4 is 5.32 Å². The first-order valence-electron chi connectivity index (χ1n) is 10.0. The van der Waals surface area contributed by atoms with E-state index in [4.69, 9.17) is 4.74 Å². The zero-order chi connectivity index (χ0) is 21.1. The molecule has 1 aliphatic heterocycles. The number of methoxy groups -OCH3 is 1. The van der Waals surface area contributed by atoms with E-state index in [1.807, 2.05) is 30.2 Å². The van der Waals surface area contributed by atoms with Crippen LogP contribution in [-0.4, -0.2) is 58.2 Å². The first-order chi connectivity index (χ1) is 14.5. The van der Waals surface area contributed by atoms with Crippen LogP contribution in [0.5, 0.6) is 0 Å². The highest BCUT2D eigenvalue weighted by Gasteiger charge is 2.23. The summed E-state index contributed by atoms with van der Waals surface area (Å²) in [6.45, 7) is 3.53. The van der Waals surface area contributed by atoms with E-state index in [1.54, 1.807) is 25.4 Å². The van der Waals surface area contributed by atoms with Crippen LogP contribution in [0.15, 0.2) is 36.7 Å². The molecule has 2 N–H and O–H groups in total. The van der Waals surface area contributed by atoms with Crippen molar-refractivity contribution in [1.82, 2.24) is 25.4 Å². The molecule has 0 aliphatic carbocycles. The lowest BCUT2D eigenvalue weighted by molar-refractivity contribution is -0.131. The molecule has 156 valence electrons. The van der Waals surface area contributed by atoms with Gasteiger partial charge in [0.2, 0.25) is 5.91 Å². The Morgan fingerprint density at radius 3 is 3.03 bits per heavy atom. The first-order valence-corrected chi connectivity index (χ1v) is 10.0. The summed E-state index contributed by atoms with van der Waals surface area (Å²) in [5, 5.41) is 10.9. The molecule has 1 aromatic carbocycles. The number of hydrogen-bond donors (Lipinski definition) is 2. The van der Waals surface area contributed by atoms with Gasteiger partial charge in [0, 0.05) is 43.4 Å². The van der Waals surface area contributed by atoms with Crippen LogP contribution in [0.3, 0.4) is 0 Å². The number of rotatable bonds is 6. The molecule has 8 heteroatoms. The average Bonchev–Trinajstić information content (AvgIpc) is 3.23. The van der Waals surface area contributed by atoms with Crippen LogP contribution in [0.2, 0.25) is 0 Å². The second-order valence-electron chi connectivity index (χ2n) is 7.67. The summed E-state index contributed by atoms with van der Waals surface area (Å²) in [5.41, 5.74) is 4.41. The number of H-pyrrole nitrogens is 1. The van der Waals surface area contributed by atoms with E-state index in [1.165, 1.54) is 5.56 Å². The van der Waals surface area contributed by atoms with Gasteiger partial charge in [-0.25, -0.2) is 4.98 Å². The van der Waals surface area contributed by atoms with Crippen molar-refractivity contribution in [3.8, 4) is 0 Å². The highest BCUT2D eigenvalue weighted by molar-refractivity contribution is 5.94.